The van der Waals surface area contributed by atoms with Gasteiger partial charge in [0.05, 0.1) is 5.56 Å². The first-order valence-corrected chi connectivity index (χ1v) is 7.32. The molecule has 1 unspecified atom stereocenters. The summed E-state index contributed by atoms with van der Waals surface area (Å²) in [6.07, 6.45) is 2.34. The van der Waals surface area contributed by atoms with Crippen LogP contribution in [-0.4, -0.2) is 29.7 Å². The first-order valence-electron chi connectivity index (χ1n) is 7.32. The second-order valence-electron chi connectivity index (χ2n) is 5.31. The molecule has 112 valence electrons. The molecule has 1 atom stereocenters. The normalized spacial score (nSPS) is 13.6. The highest BCUT2D eigenvalue weighted by molar-refractivity contribution is 6.00. The maximum Gasteiger partial charge on any atom is 0.253 e. The van der Waals surface area contributed by atoms with E-state index in [9.17, 15) is 4.79 Å². The highest BCUT2D eigenvalue weighted by atomic mass is 16.3. The molecule has 0 spiro atoms. The van der Waals surface area contributed by atoms with E-state index < -0.39 is 0 Å². The zero-order chi connectivity index (χ0) is 15.0. The van der Waals surface area contributed by atoms with E-state index in [4.69, 9.17) is 5.11 Å². The first-order chi connectivity index (χ1) is 9.56. The minimum Gasteiger partial charge on any atom is -0.396 e. The molecule has 0 saturated heterocycles. The van der Waals surface area contributed by atoms with Crippen LogP contribution < -0.4 is 10.6 Å². The number of amides is 1. The van der Waals surface area contributed by atoms with Gasteiger partial charge in [-0.1, -0.05) is 26.0 Å². The van der Waals surface area contributed by atoms with Crippen LogP contribution in [0.25, 0.3) is 0 Å². The fourth-order valence-corrected chi connectivity index (χ4v) is 2.01. The number of hydrogen-bond donors (Lipinski definition) is 3. The Hall–Kier alpha value is -1.55. The molecule has 0 aliphatic heterocycles. The predicted molar refractivity (Wildman–Crippen MR) is 83.1 cm³/mol. The van der Waals surface area contributed by atoms with E-state index in [1.54, 1.807) is 0 Å². The average molecular weight is 278 g/mol. The molecule has 1 aromatic rings. The molecule has 0 saturated carbocycles. The monoisotopic (exact) mass is 278 g/mol. The molecule has 4 nitrogen and oxygen atoms in total. The second kappa shape index (κ2) is 7.90. The van der Waals surface area contributed by atoms with Gasteiger partial charge in [0, 0.05) is 24.4 Å². The average Bonchev–Trinajstić information content (AvgIpc) is 2.45. The standard InChI is InChI=1S/C16H26N2O2/c1-4-11-17-14-9-7-6-8-13(14)15(20)18-16(3,5-2)10-12-19/h6-9,17,19H,4-5,10-12H2,1-3H3,(H,18,20). The van der Waals surface area contributed by atoms with Crippen LogP contribution in [0.4, 0.5) is 5.69 Å². The lowest BCUT2D eigenvalue weighted by molar-refractivity contribution is 0.0887. The van der Waals surface area contributed by atoms with E-state index in [0.29, 0.717) is 12.0 Å². The Labute approximate surface area is 121 Å². The first kappa shape index (κ1) is 16.5. The van der Waals surface area contributed by atoms with E-state index in [2.05, 4.69) is 17.6 Å². The number of carbonyl (C=O) groups excluding carboxylic acids is 1. The third-order valence-electron chi connectivity index (χ3n) is 3.60. The molecule has 1 amide bonds. The van der Waals surface area contributed by atoms with Crippen molar-refractivity contribution in [2.24, 2.45) is 0 Å². The van der Waals surface area contributed by atoms with Crippen LogP contribution in [-0.2, 0) is 0 Å². The fraction of sp³-hybridized carbons (Fsp3) is 0.562. The molecule has 3 N–H and O–H groups in total. The largest absolute Gasteiger partial charge is 0.396 e. The summed E-state index contributed by atoms with van der Waals surface area (Å²) in [6.45, 7) is 6.97. The number of hydrogen-bond acceptors (Lipinski definition) is 3. The van der Waals surface area contributed by atoms with Gasteiger partial charge >= 0.3 is 0 Å². The van der Waals surface area contributed by atoms with Crippen LogP contribution in [0.2, 0.25) is 0 Å². The molecule has 0 radical (unpaired) electrons. The van der Waals surface area contributed by atoms with Crippen LogP contribution in [0.5, 0.6) is 0 Å². The Morgan fingerprint density at radius 2 is 2.00 bits per heavy atom. The summed E-state index contributed by atoms with van der Waals surface area (Å²) in [7, 11) is 0. The Morgan fingerprint density at radius 1 is 1.30 bits per heavy atom. The van der Waals surface area contributed by atoms with Gasteiger partial charge in [-0.15, -0.1) is 0 Å². The summed E-state index contributed by atoms with van der Waals surface area (Å²) in [6, 6.07) is 7.52. The molecule has 0 fully saturated rings. The molecule has 0 aliphatic rings. The Morgan fingerprint density at radius 3 is 2.60 bits per heavy atom. The topological polar surface area (TPSA) is 61.4 Å². The Balaban J connectivity index is 2.86. The van der Waals surface area contributed by atoms with E-state index in [1.807, 2.05) is 38.1 Å². The number of para-hydroxylation sites is 1. The van der Waals surface area contributed by atoms with Gasteiger partial charge in [0.1, 0.15) is 0 Å². The van der Waals surface area contributed by atoms with Gasteiger partial charge in [-0.25, -0.2) is 0 Å². The van der Waals surface area contributed by atoms with Crippen molar-refractivity contribution in [2.45, 2.75) is 45.6 Å². The summed E-state index contributed by atoms with van der Waals surface area (Å²) >= 11 is 0. The van der Waals surface area contributed by atoms with Crippen LogP contribution in [0.1, 0.15) is 50.4 Å². The fourth-order valence-electron chi connectivity index (χ4n) is 2.01. The van der Waals surface area contributed by atoms with Crippen molar-refractivity contribution in [3.63, 3.8) is 0 Å². The predicted octanol–water partition coefficient (Wildman–Crippen LogP) is 2.79. The van der Waals surface area contributed by atoms with Crippen molar-refractivity contribution in [1.29, 1.82) is 0 Å². The molecule has 4 heteroatoms. The number of anilines is 1. The summed E-state index contributed by atoms with van der Waals surface area (Å²) in [5, 5.41) is 15.4. The highest BCUT2D eigenvalue weighted by Crippen LogP contribution is 2.19. The second-order valence-corrected chi connectivity index (χ2v) is 5.31. The van der Waals surface area contributed by atoms with Gasteiger partial charge in [0.15, 0.2) is 0 Å². The number of carbonyl (C=O) groups is 1. The zero-order valence-corrected chi connectivity index (χ0v) is 12.7. The molecule has 0 bridgehead atoms. The van der Waals surface area contributed by atoms with E-state index in [0.717, 1.165) is 25.1 Å². The van der Waals surface area contributed by atoms with Crippen molar-refractivity contribution >= 4 is 11.6 Å². The minimum atomic E-state index is -0.371. The lowest BCUT2D eigenvalue weighted by Crippen LogP contribution is -2.46. The smallest absolute Gasteiger partial charge is 0.253 e. The number of aliphatic hydroxyl groups is 1. The molecule has 1 rings (SSSR count). The van der Waals surface area contributed by atoms with E-state index in [-0.39, 0.29) is 18.1 Å². The molecule has 0 heterocycles. The molecule has 20 heavy (non-hydrogen) atoms. The molecular weight excluding hydrogens is 252 g/mol. The van der Waals surface area contributed by atoms with Gasteiger partial charge in [0.2, 0.25) is 0 Å². The number of aliphatic hydroxyl groups excluding tert-OH is 1. The Kier molecular flexibility index (Phi) is 6.52. The summed E-state index contributed by atoms with van der Waals surface area (Å²) in [4.78, 5) is 12.4. The van der Waals surface area contributed by atoms with Gasteiger partial charge in [-0.3, -0.25) is 4.79 Å². The maximum absolute atomic E-state index is 12.4. The van der Waals surface area contributed by atoms with Crippen LogP contribution >= 0.6 is 0 Å². The SMILES string of the molecule is CCCNc1ccccc1C(=O)NC(C)(CC)CCO. The minimum absolute atomic E-state index is 0.0698. The van der Waals surface area contributed by atoms with Crippen molar-refractivity contribution in [3.8, 4) is 0 Å². The third-order valence-corrected chi connectivity index (χ3v) is 3.60. The summed E-state index contributed by atoms with van der Waals surface area (Å²) < 4.78 is 0. The molecule has 1 aromatic carbocycles. The van der Waals surface area contributed by atoms with Crippen LogP contribution in [0.15, 0.2) is 24.3 Å². The van der Waals surface area contributed by atoms with Crippen molar-refractivity contribution in [2.75, 3.05) is 18.5 Å². The number of nitrogens with one attached hydrogen (secondary N) is 2. The van der Waals surface area contributed by atoms with E-state index >= 15 is 0 Å². The van der Waals surface area contributed by atoms with Gasteiger partial charge in [-0.2, -0.15) is 0 Å². The maximum atomic E-state index is 12.4. The summed E-state index contributed by atoms with van der Waals surface area (Å²) in [5.74, 6) is -0.0954. The zero-order valence-electron chi connectivity index (χ0n) is 12.7. The molecular formula is C16H26N2O2. The van der Waals surface area contributed by atoms with Crippen molar-refractivity contribution in [3.05, 3.63) is 29.8 Å². The lowest BCUT2D eigenvalue weighted by atomic mass is 9.94. The quantitative estimate of drug-likeness (QED) is 0.685. The van der Waals surface area contributed by atoms with Crippen molar-refractivity contribution in [1.82, 2.24) is 5.32 Å². The van der Waals surface area contributed by atoms with Crippen LogP contribution in [0, 0.1) is 0 Å². The Bertz CT molecular complexity index is 434. The van der Waals surface area contributed by atoms with Crippen molar-refractivity contribution < 1.29 is 9.90 Å². The lowest BCUT2D eigenvalue weighted by Gasteiger charge is -2.29. The third kappa shape index (κ3) is 4.53. The van der Waals surface area contributed by atoms with Gasteiger partial charge < -0.3 is 15.7 Å². The number of rotatable bonds is 8. The van der Waals surface area contributed by atoms with Crippen LogP contribution in [0.3, 0.4) is 0 Å². The van der Waals surface area contributed by atoms with Gasteiger partial charge in [0.25, 0.3) is 5.91 Å². The summed E-state index contributed by atoms with van der Waals surface area (Å²) in [5.41, 5.74) is 1.14. The highest BCUT2D eigenvalue weighted by Gasteiger charge is 2.25. The van der Waals surface area contributed by atoms with Gasteiger partial charge in [-0.05, 0) is 38.3 Å². The molecule has 0 aliphatic carbocycles. The number of benzene rings is 1. The van der Waals surface area contributed by atoms with E-state index in [1.165, 1.54) is 0 Å². The molecule has 0 aromatic heterocycles.